The van der Waals surface area contributed by atoms with Crippen LogP contribution >= 0.6 is 11.8 Å². The minimum absolute atomic E-state index is 0.327. The maximum atomic E-state index is 5.53. The predicted molar refractivity (Wildman–Crippen MR) is 72.4 cm³/mol. The lowest BCUT2D eigenvalue weighted by Gasteiger charge is -2.24. The first-order chi connectivity index (χ1) is 8.34. The fourth-order valence-corrected chi connectivity index (χ4v) is 3.37. The summed E-state index contributed by atoms with van der Waals surface area (Å²) in [5.74, 6) is 2.20. The van der Waals surface area contributed by atoms with Gasteiger partial charge in [-0.25, -0.2) is 0 Å². The van der Waals surface area contributed by atoms with Crippen LogP contribution in [0.5, 0.6) is 0 Å². The minimum Gasteiger partial charge on any atom is -0.466 e. The first-order valence-electron chi connectivity index (χ1n) is 5.83. The molecule has 0 radical (unpaired) electrons. The number of benzene rings is 1. The molecule has 3 rings (SSSR count). The number of hydrogen-bond acceptors (Lipinski definition) is 3. The normalized spacial score (nSPS) is 19.8. The number of aryl methyl sites for hydroxylation is 1. The summed E-state index contributed by atoms with van der Waals surface area (Å²) in [6.07, 6.45) is 1.75. The third-order valence-electron chi connectivity index (χ3n) is 3.04. The van der Waals surface area contributed by atoms with Gasteiger partial charge in [-0.15, -0.1) is 11.8 Å². The standard InChI is InChI=1S/C14H15NOS/c1-11-4-6-12(7-5-11)15-8-10-17-14(15)13-3-2-9-16-13/h2-7,9,14H,8,10H2,1H3. The zero-order valence-corrected chi connectivity index (χ0v) is 10.6. The first-order valence-corrected chi connectivity index (χ1v) is 6.88. The lowest BCUT2D eigenvalue weighted by Crippen LogP contribution is -2.21. The molecule has 1 aliphatic rings. The molecular weight excluding hydrogens is 230 g/mol. The lowest BCUT2D eigenvalue weighted by atomic mass is 10.2. The van der Waals surface area contributed by atoms with Crippen LogP contribution in [0.1, 0.15) is 16.7 Å². The summed E-state index contributed by atoms with van der Waals surface area (Å²) in [7, 11) is 0. The van der Waals surface area contributed by atoms with Crippen molar-refractivity contribution >= 4 is 17.4 Å². The van der Waals surface area contributed by atoms with Gasteiger partial charge in [0.05, 0.1) is 6.26 Å². The highest BCUT2D eigenvalue weighted by Crippen LogP contribution is 2.40. The van der Waals surface area contributed by atoms with Gasteiger partial charge in [-0.3, -0.25) is 0 Å². The van der Waals surface area contributed by atoms with E-state index >= 15 is 0 Å². The molecule has 0 spiro atoms. The highest BCUT2D eigenvalue weighted by atomic mass is 32.2. The van der Waals surface area contributed by atoms with E-state index < -0.39 is 0 Å². The molecule has 1 aromatic heterocycles. The molecule has 0 bridgehead atoms. The average molecular weight is 245 g/mol. The van der Waals surface area contributed by atoms with Crippen molar-refractivity contribution < 1.29 is 4.42 Å². The van der Waals surface area contributed by atoms with E-state index in [9.17, 15) is 0 Å². The van der Waals surface area contributed by atoms with Crippen LogP contribution in [0.3, 0.4) is 0 Å². The average Bonchev–Trinajstić information content (AvgIpc) is 3.00. The van der Waals surface area contributed by atoms with Crippen LogP contribution in [-0.4, -0.2) is 12.3 Å². The van der Waals surface area contributed by atoms with Crippen molar-refractivity contribution in [3.8, 4) is 0 Å². The molecule has 1 aliphatic heterocycles. The van der Waals surface area contributed by atoms with Crippen molar-refractivity contribution in [1.29, 1.82) is 0 Å². The predicted octanol–water partition coefficient (Wildman–Crippen LogP) is 3.84. The highest BCUT2D eigenvalue weighted by molar-refractivity contribution is 7.99. The van der Waals surface area contributed by atoms with E-state index in [0.717, 1.165) is 18.1 Å². The molecule has 2 nitrogen and oxygen atoms in total. The van der Waals surface area contributed by atoms with Crippen LogP contribution in [0.15, 0.2) is 47.1 Å². The third kappa shape index (κ3) is 2.07. The molecule has 2 aromatic rings. The van der Waals surface area contributed by atoms with E-state index in [4.69, 9.17) is 4.42 Å². The van der Waals surface area contributed by atoms with Crippen LogP contribution in [0, 0.1) is 6.92 Å². The second-order valence-corrected chi connectivity index (χ2v) is 5.46. The van der Waals surface area contributed by atoms with E-state index in [1.807, 2.05) is 17.8 Å². The van der Waals surface area contributed by atoms with E-state index in [2.05, 4.69) is 42.2 Å². The van der Waals surface area contributed by atoms with Crippen LogP contribution in [0.4, 0.5) is 5.69 Å². The topological polar surface area (TPSA) is 16.4 Å². The summed E-state index contributed by atoms with van der Waals surface area (Å²) in [6, 6.07) is 12.7. The maximum absolute atomic E-state index is 5.53. The molecule has 0 saturated carbocycles. The van der Waals surface area contributed by atoms with Crippen LogP contribution in [0.25, 0.3) is 0 Å². The van der Waals surface area contributed by atoms with E-state index in [1.54, 1.807) is 6.26 Å². The maximum Gasteiger partial charge on any atom is 0.136 e. The molecule has 1 saturated heterocycles. The Kier molecular flexibility index (Phi) is 2.85. The monoisotopic (exact) mass is 245 g/mol. The molecule has 3 heteroatoms. The Labute approximate surface area is 106 Å². The van der Waals surface area contributed by atoms with E-state index in [0.29, 0.717) is 5.37 Å². The Morgan fingerprint density at radius 2 is 2.06 bits per heavy atom. The molecule has 17 heavy (non-hydrogen) atoms. The van der Waals surface area contributed by atoms with Gasteiger partial charge in [-0.1, -0.05) is 17.7 Å². The Morgan fingerprint density at radius 1 is 1.24 bits per heavy atom. The quantitative estimate of drug-likeness (QED) is 0.800. The molecule has 0 aliphatic carbocycles. The van der Waals surface area contributed by atoms with Crippen LogP contribution in [-0.2, 0) is 0 Å². The zero-order valence-electron chi connectivity index (χ0n) is 9.80. The Balaban J connectivity index is 1.89. The zero-order chi connectivity index (χ0) is 11.7. The van der Waals surface area contributed by atoms with Crippen molar-refractivity contribution in [1.82, 2.24) is 0 Å². The SMILES string of the molecule is Cc1ccc(N2CCSC2c2ccco2)cc1. The molecule has 1 unspecified atom stereocenters. The summed E-state index contributed by atoms with van der Waals surface area (Å²) in [5, 5.41) is 0.327. The molecular formula is C14H15NOS. The number of anilines is 1. The molecule has 1 fully saturated rings. The highest BCUT2D eigenvalue weighted by Gasteiger charge is 2.28. The van der Waals surface area contributed by atoms with Gasteiger partial charge in [0.25, 0.3) is 0 Å². The van der Waals surface area contributed by atoms with Gasteiger partial charge in [0.15, 0.2) is 0 Å². The second kappa shape index (κ2) is 4.49. The fourth-order valence-electron chi connectivity index (χ4n) is 2.14. The Morgan fingerprint density at radius 3 is 2.76 bits per heavy atom. The molecule has 1 atom stereocenters. The van der Waals surface area contributed by atoms with Crippen LogP contribution in [0.2, 0.25) is 0 Å². The van der Waals surface area contributed by atoms with E-state index in [1.165, 1.54) is 11.3 Å². The summed E-state index contributed by atoms with van der Waals surface area (Å²) in [6.45, 7) is 3.20. The van der Waals surface area contributed by atoms with Gasteiger partial charge in [0, 0.05) is 18.0 Å². The van der Waals surface area contributed by atoms with Crippen LogP contribution < -0.4 is 4.90 Å². The van der Waals surface area contributed by atoms with Gasteiger partial charge in [0.2, 0.25) is 0 Å². The first kappa shape index (κ1) is 10.8. The number of hydrogen-bond donors (Lipinski definition) is 0. The van der Waals surface area contributed by atoms with Gasteiger partial charge in [0.1, 0.15) is 11.1 Å². The largest absolute Gasteiger partial charge is 0.466 e. The Bertz CT molecular complexity index is 477. The fraction of sp³-hybridized carbons (Fsp3) is 0.286. The van der Waals surface area contributed by atoms with Crippen molar-refractivity contribution in [2.75, 3.05) is 17.2 Å². The number of rotatable bonds is 2. The van der Waals surface area contributed by atoms with Gasteiger partial charge in [-0.05, 0) is 31.2 Å². The van der Waals surface area contributed by atoms with Crippen molar-refractivity contribution in [3.63, 3.8) is 0 Å². The number of thioether (sulfide) groups is 1. The third-order valence-corrected chi connectivity index (χ3v) is 4.26. The van der Waals surface area contributed by atoms with Crippen molar-refractivity contribution in [3.05, 3.63) is 54.0 Å². The van der Waals surface area contributed by atoms with Crippen molar-refractivity contribution in [2.24, 2.45) is 0 Å². The molecule has 1 aromatic carbocycles. The summed E-state index contributed by atoms with van der Waals surface area (Å²) >= 11 is 1.94. The van der Waals surface area contributed by atoms with E-state index in [-0.39, 0.29) is 0 Å². The number of furan rings is 1. The lowest BCUT2D eigenvalue weighted by molar-refractivity contribution is 0.503. The molecule has 0 amide bonds. The van der Waals surface area contributed by atoms with Crippen molar-refractivity contribution in [2.45, 2.75) is 12.3 Å². The summed E-state index contributed by atoms with van der Waals surface area (Å²) in [5.41, 5.74) is 2.58. The minimum atomic E-state index is 0.327. The smallest absolute Gasteiger partial charge is 0.136 e. The van der Waals surface area contributed by atoms with Gasteiger partial charge >= 0.3 is 0 Å². The van der Waals surface area contributed by atoms with Gasteiger partial charge in [-0.2, -0.15) is 0 Å². The molecule has 2 heterocycles. The van der Waals surface area contributed by atoms with Gasteiger partial charge < -0.3 is 9.32 Å². The molecule has 88 valence electrons. The molecule has 0 N–H and O–H groups in total. The number of nitrogens with zero attached hydrogens (tertiary/aromatic N) is 1. The Hall–Kier alpha value is -1.35. The summed E-state index contributed by atoms with van der Waals surface area (Å²) in [4.78, 5) is 2.41. The summed E-state index contributed by atoms with van der Waals surface area (Å²) < 4.78 is 5.53. The second-order valence-electron chi connectivity index (χ2n) is 4.27.